The second kappa shape index (κ2) is 8.96. The first-order chi connectivity index (χ1) is 16.4. The van der Waals surface area contributed by atoms with Gasteiger partial charge in [-0.3, -0.25) is 19.0 Å². The first kappa shape index (κ1) is 22.2. The predicted molar refractivity (Wildman–Crippen MR) is 133 cm³/mol. The van der Waals surface area contributed by atoms with Crippen LogP contribution in [0.3, 0.4) is 0 Å². The molecule has 0 bridgehead atoms. The lowest BCUT2D eigenvalue weighted by Gasteiger charge is -2.18. The fraction of sp³-hybridized carbons (Fsp3) is 0.120. The zero-order valence-electron chi connectivity index (χ0n) is 18.0. The number of aryl methyl sites for hydroxylation is 1. The van der Waals surface area contributed by atoms with E-state index in [0.717, 1.165) is 17.3 Å². The Morgan fingerprint density at radius 1 is 1.15 bits per heavy atom. The Morgan fingerprint density at radius 3 is 2.79 bits per heavy atom. The summed E-state index contributed by atoms with van der Waals surface area (Å²) in [6.45, 7) is 1.83. The summed E-state index contributed by atoms with van der Waals surface area (Å²) in [5.41, 5.74) is 2.65. The van der Waals surface area contributed by atoms with E-state index in [4.69, 9.17) is 16.3 Å². The number of Topliss-reactive ketones (excluding diaryl/α,β-unsaturated/α-hetero) is 1. The Kier molecular flexibility index (Phi) is 5.85. The van der Waals surface area contributed by atoms with E-state index in [1.165, 1.54) is 4.57 Å². The molecule has 4 aromatic rings. The SMILES string of the molecule is Cc1ccc(-n2c(SCC(=O)c3ccc4c(c3)NC(=O)CO4)nc3ccccc3c2=O)cc1Cl. The molecule has 1 aliphatic rings. The molecule has 5 rings (SSSR count). The third-order valence-corrected chi connectivity index (χ3v) is 6.77. The third kappa shape index (κ3) is 4.18. The first-order valence-corrected chi connectivity index (χ1v) is 11.8. The molecule has 0 saturated heterocycles. The van der Waals surface area contributed by atoms with Gasteiger partial charge in [0.15, 0.2) is 17.5 Å². The Morgan fingerprint density at radius 2 is 1.97 bits per heavy atom. The van der Waals surface area contributed by atoms with E-state index in [0.29, 0.717) is 43.8 Å². The summed E-state index contributed by atoms with van der Waals surface area (Å²) in [6, 6.07) is 17.3. The number of thioether (sulfide) groups is 1. The van der Waals surface area contributed by atoms with Crippen LogP contribution in [0.5, 0.6) is 5.75 Å². The van der Waals surface area contributed by atoms with Crippen LogP contribution in [-0.2, 0) is 4.79 Å². The maximum Gasteiger partial charge on any atom is 0.266 e. The summed E-state index contributed by atoms with van der Waals surface area (Å²) in [4.78, 5) is 42.6. The van der Waals surface area contributed by atoms with Crippen molar-refractivity contribution in [1.29, 1.82) is 0 Å². The number of benzene rings is 3. The van der Waals surface area contributed by atoms with Crippen LogP contribution in [0.1, 0.15) is 15.9 Å². The van der Waals surface area contributed by atoms with Crippen molar-refractivity contribution in [3.05, 3.63) is 87.2 Å². The molecule has 2 heterocycles. The molecular formula is C25H18ClN3O4S. The smallest absolute Gasteiger partial charge is 0.266 e. The summed E-state index contributed by atoms with van der Waals surface area (Å²) in [7, 11) is 0. The van der Waals surface area contributed by atoms with E-state index in [1.54, 1.807) is 48.5 Å². The number of fused-ring (bicyclic) bond motifs is 2. The maximum absolute atomic E-state index is 13.4. The average Bonchev–Trinajstić information content (AvgIpc) is 2.84. The molecular weight excluding hydrogens is 474 g/mol. The molecule has 0 fully saturated rings. The van der Waals surface area contributed by atoms with E-state index in [9.17, 15) is 14.4 Å². The number of rotatable bonds is 5. The molecule has 0 aliphatic carbocycles. The van der Waals surface area contributed by atoms with Crippen LogP contribution in [0, 0.1) is 6.92 Å². The standard InChI is InChI=1S/C25H18ClN3O4S/c1-14-6-8-16(11-18(14)26)29-24(32)17-4-2-3-5-19(17)28-25(29)34-13-21(30)15-7-9-22-20(10-15)27-23(31)12-33-22/h2-11H,12-13H2,1H3,(H,27,31). The molecule has 1 amide bonds. The van der Waals surface area contributed by atoms with E-state index < -0.39 is 0 Å². The molecule has 9 heteroatoms. The number of halogens is 1. The van der Waals surface area contributed by atoms with Crippen LogP contribution < -0.4 is 15.6 Å². The quantitative estimate of drug-likeness (QED) is 0.248. The monoisotopic (exact) mass is 491 g/mol. The third-order valence-electron chi connectivity index (χ3n) is 5.43. The Balaban J connectivity index is 1.50. The molecule has 0 saturated carbocycles. The second-order valence-electron chi connectivity index (χ2n) is 7.75. The van der Waals surface area contributed by atoms with Gasteiger partial charge in [0.25, 0.3) is 11.5 Å². The van der Waals surface area contributed by atoms with Gasteiger partial charge in [0.1, 0.15) is 5.75 Å². The lowest BCUT2D eigenvalue weighted by atomic mass is 10.1. The summed E-state index contributed by atoms with van der Waals surface area (Å²) in [5, 5.41) is 4.09. The number of para-hydroxylation sites is 1. The number of hydrogen-bond donors (Lipinski definition) is 1. The normalized spacial score (nSPS) is 12.7. The number of nitrogens with zero attached hydrogens (tertiary/aromatic N) is 2. The maximum atomic E-state index is 13.4. The van der Waals surface area contributed by atoms with Crippen molar-refractivity contribution in [3.8, 4) is 11.4 Å². The highest BCUT2D eigenvalue weighted by Crippen LogP contribution is 2.30. The van der Waals surface area contributed by atoms with Gasteiger partial charge in [-0.05, 0) is 55.0 Å². The zero-order chi connectivity index (χ0) is 23.8. The first-order valence-electron chi connectivity index (χ1n) is 10.4. The molecule has 1 aromatic heterocycles. The van der Waals surface area contributed by atoms with Crippen molar-refractivity contribution >= 4 is 51.6 Å². The summed E-state index contributed by atoms with van der Waals surface area (Å²) >= 11 is 7.49. The highest BCUT2D eigenvalue weighted by molar-refractivity contribution is 7.99. The van der Waals surface area contributed by atoms with Gasteiger partial charge in [-0.2, -0.15) is 0 Å². The van der Waals surface area contributed by atoms with Gasteiger partial charge in [0.05, 0.1) is 28.0 Å². The van der Waals surface area contributed by atoms with Crippen molar-refractivity contribution in [2.45, 2.75) is 12.1 Å². The topological polar surface area (TPSA) is 90.3 Å². The average molecular weight is 492 g/mol. The zero-order valence-corrected chi connectivity index (χ0v) is 19.6. The van der Waals surface area contributed by atoms with E-state index in [1.807, 2.05) is 19.1 Å². The van der Waals surface area contributed by atoms with Crippen LogP contribution in [0.25, 0.3) is 16.6 Å². The largest absolute Gasteiger partial charge is 0.482 e. The molecule has 1 aliphatic heterocycles. The van der Waals surface area contributed by atoms with Crippen LogP contribution in [0.2, 0.25) is 5.02 Å². The number of carbonyl (C=O) groups excluding carboxylic acids is 2. The van der Waals surface area contributed by atoms with Crippen molar-refractivity contribution in [1.82, 2.24) is 9.55 Å². The molecule has 0 unspecified atom stereocenters. The van der Waals surface area contributed by atoms with Crippen molar-refractivity contribution in [2.75, 3.05) is 17.7 Å². The summed E-state index contributed by atoms with van der Waals surface area (Å²) in [5.74, 6) is 0.110. The van der Waals surface area contributed by atoms with E-state index >= 15 is 0 Å². The summed E-state index contributed by atoms with van der Waals surface area (Å²) < 4.78 is 6.83. The fourth-order valence-corrected chi connectivity index (χ4v) is 4.71. The molecule has 34 heavy (non-hydrogen) atoms. The Bertz CT molecular complexity index is 1530. The number of ketones is 1. The molecule has 3 aromatic carbocycles. The van der Waals surface area contributed by atoms with Gasteiger partial charge in [-0.15, -0.1) is 0 Å². The molecule has 1 N–H and O–H groups in total. The van der Waals surface area contributed by atoms with Gasteiger partial charge in [-0.25, -0.2) is 4.98 Å². The van der Waals surface area contributed by atoms with Crippen molar-refractivity contribution in [2.24, 2.45) is 0 Å². The number of amides is 1. The molecule has 0 radical (unpaired) electrons. The Labute approximate surface area is 203 Å². The van der Waals surface area contributed by atoms with Crippen LogP contribution in [-0.4, -0.2) is 33.6 Å². The van der Waals surface area contributed by atoms with Crippen molar-refractivity contribution < 1.29 is 14.3 Å². The number of hydrogen-bond acceptors (Lipinski definition) is 6. The van der Waals surface area contributed by atoms with E-state index in [2.05, 4.69) is 10.3 Å². The number of nitrogens with one attached hydrogen (secondary N) is 1. The molecule has 0 spiro atoms. The number of ether oxygens (including phenoxy) is 1. The van der Waals surface area contributed by atoms with Gasteiger partial charge in [-0.1, -0.05) is 41.6 Å². The van der Waals surface area contributed by atoms with Crippen LogP contribution in [0.4, 0.5) is 5.69 Å². The van der Waals surface area contributed by atoms with Crippen LogP contribution in [0.15, 0.2) is 70.6 Å². The predicted octanol–water partition coefficient (Wildman–Crippen LogP) is 4.65. The van der Waals surface area contributed by atoms with Gasteiger partial charge in [0.2, 0.25) is 0 Å². The molecule has 7 nitrogen and oxygen atoms in total. The van der Waals surface area contributed by atoms with Crippen molar-refractivity contribution in [3.63, 3.8) is 0 Å². The number of carbonyl (C=O) groups is 2. The van der Waals surface area contributed by atoms with Crippen LogP contribution >= 0.6 is 23.4 Å². The molecule has 170 valence electrons. The number of anilines is 1. The minimum Gasteiger partial charge on any atom is -0.482 e. The lowest BCUT2D eigenvalue weighted by molar-refractivity contribution is -0.118. The minimum absolute atomic E-state index is 0.0396. The number of aromatic nitrogens is 2. The lowest BCUT2D eigenvalue weighted by Crippen LogP contribution is -2.25. The fourth-order valence-electron chi connectivity index (χ4n) is 3.63. The van der Waals surface area contributed by atoms with Gasteiger partial charge in [0, 0.05) is 10.6 Å². The highest BCUT2D eigenvalue weighted by Gasteiger charge is 2.19. The van der Waals surface area contributed by atoms with E-state index in [-0.39, 0.29) is 29.6 Å². The Hall–Kier alpha value is -3.62. The molecule has 0 atom stereocenters. The summed E-state index contributed by atoms with van der Waals surface area (Å²) in [6.07, 6.45) is 0. The second-order valence-corrected chi connectivity index (χ2v) is 9.09. The van der Waals surface area contributed by atoms with Gasteiger partial charge >= 0.3 is 0 Å². The minimum atomic E-state index is -0.271. The van der Waals surface area contributed by atoms with Gasteiger partial charge < -0.3 is 10.1 Å². The highest BCUT2D eigenvalue weighted by atomic mass is 35.5.